The summed E-state index contributed by atoms with van der Waals surface area (Å²) in [5, 5.41) is 4.26. The molecule has 1 aromatic carbocycles. The molecule has 0 aliphatic rings. The van der Waals surface area contributed by atoms with Gasteiger partial charge >= 0.3 is 0 Å². The van der Waals surface area contributed by atoms with Gasteiger partial charge in [-0.25, -0.2) is 4.68 Å². The average molecular weight is 336 g/mol. The van der Waals surface area contributed by atoms with E-state index in [0.29, 0.717) is 6.54 Å². The highest BCUT2D eigenvalue weighted by atomic mass is 79.9. The highest BCUT2D eigenvalue weighted by Crippen LogP contribution is 2.12. The second kappa shape index (κ2) is 6.70. The zero-order valence-corrected chi connectivity index (χ0v) is 13.3. The van der Waals surface area contributed by atoms with Crippen LogP contribution in [0.4, 0.5) is 5.69 Å². The maximum atomic E-state index is 12.1. The summed E-state index contributed by atoms with van der Waals surface area (Å²) in [6, 6.07) is 9.54. The third-order valence-corrected chi connectivity index (χ3v) is 3.76. The standard InChI is InChI=1S/C15H18BrN3O/c1-3-18(4-2)14-9-15(20)19(17-10-14)11-12-5-7-13(16)8-6-12/h5-10H,3-4,11H2,1-2H3. The molecular weight excluding hydrogens is 318 g/mol. The summed E-state index contributed by atoms with van der Waals surface area (Å²) in [5.74, 6) is 0. The number of aromatic nitrogens is 2. The van der Waals surface area contributed by atoms with Gasteiger partial charge in [-0.2, -0.15) is 5.10 Å². The Bertz CT molecular complexity index is 618. The van der Waals surface area contributed by atoms with Crippen LogP contribution in [0.1, 0.15) is 19.4 Å². The predicted octanol–water partition coefficient (Wildman–Crippen LogP) is 2.90. The summed E-state index contributed by atoms with van der Waals surface area (Å²) < 4.78 is 2.51. The van der Waals surface area contributed by atoms with E-state index in [2.05, 4.69) is 39.8 Å². The Morgan fingerprint density at radius 2 is 1.85 bits per heavy atom. The Labute approximate surface area is 127 Å². The number of nitrogens with zero attached hydrogens (tertiary/aromatic N) is 3. The van der Waals surface area contributed by atoms with Gasteiger partial charge in [0, 0.05) is 23.6 Å². The fourth-order valence-corrected chi connectivity index (χ4v) is 2.33. The van der Waals surface area contributed by atoms with E-state index >= 15 is 0 Å². The Morgan fingerprint density at radius 3 is 2.40 bits per heavy atom. The maximum Gasteiger partial charge on any atom is 0.269 e. The smallest absolute Gasteiger partial charge is 0.269 e. The summed E-state index contributed by atoms with van der Waals surface area (Å²) in [5.41, 5.74) is 1.86. The molecule has 0 radical (unpaired) electrons. The van der Waals surface area contributed by atoms with Crippen LogP contribution in [0.25, 0.3) is 0 Å². The fourth-order valence-electron chi connectivity index (χ4n) is 2.07. The second-order valence-corrected chi connectivity index (χ2v) is 5.42. The molecule has 5 heteroatoms. The molecule has 0 amide bonds. The van der Waals surface area contributed by atoms with E-state index in [9.17, 15) is 4.79 Å². The van der Waals surface area contributed by atoms with E-state index in [1.54, 1.807) is 12.3 Å². The Morgan fingerprint density at radius 1 is 1.20 bits per heavy atom. The van der Waals surface area contributed by atoms with Gasteiger partial charge in [0.2, 0.25) is 0 Å². The molecular formula is C15H18BrN3O. The lowest BCUT2D eigenvalue weighted by atomic mass is 10.2. The minimum absolute atomic E-state index is 0.0719. The van der Waals surface area contributed by atoms with Crippen molar-refractivity contribution in [2.45, 2.75) is 20.4 Å². The lowest BCUT2D eigenvalue weighted by molar-refractivity contribution is 0.636. The van der Waals surface area contributed by atoms with Crippen LogP contribution in [0.5, 0.6) is 0 Å². The van der Waals surface area contributed by atoms with E-state index < -0.39 is 0 Å². The largest absolute Gasteiger partial charge is 0.371 e. The molecule has 0 saturated carbocycles. The van der Waals surface area contributed by atoms with Crippen LogP contribution in [-0.2, 0) is 6.54 Å². The number of halogens is 1. The van der Waals surface area contributed by atoms with Crippen molar-refractivity contribution in [3.05, 3.63) is 56.9 Å². The molecule has 2 rings (SSSR count). The normalized spacial score (nSPS) is 10.6. The molecule has 1 aromatic heterocycles. The second-order valence-electron chi connectivity index (χ2n) is 4.51. The van der Waals surface area contributed by atoms with E-state index in [0.717, 1.165) is 28.8 Å². The third kappa shape index (κ3) is 3.48. The van der Waals surface area contributed by atoms with E-state index in [-0.39, 0.29) is 5.56 Å². The fraction of sp³-hybridized carbons (Fsp3) is 0.333. The van der Waals surface area contributed by atoms with Gasteiger partial charge in [-0.05, 0) is 31.5 Å². The number of rotatable bonds is 5. The predicted molar refractivity (Wildman–Crippen MR) is 85.3 cm³/mol. The monoisotopic (exact) mass is 335 g/mol. The van der Waals surface area contributed by atoms with Crippen LogP contribution < -0.4 is 10.5 Å². The Kier molecular flexibility index (Phi) is 4.95. The average Bonchev–Trinajstić information content (AvgIpc) is 2.45. The van der Waals surface area contributed by atoms with Crippen LogP contribution in [0.2, 0.25) is 0 Å². The molecule has 0 saturated heterocycles. The first kappa shape index (κ1) is 14.8. The van der Waals surface area contributed by atoms with Gasteiger partial charge in [0.15, 0.2) is 0 Å². The van der Waals surface area contributed by atoms with Gasteiger partial charge in [0.05, 0.1) is 18.4 Å². The number of benzene rings is 1. The van der Waals surface area contributed by atoms with Crippen molar-refractivity contribution in [1.82, 2.24) is 9.78 Å². The first-order chi connectivity index (χ1) is 9.63. The minimum Gasteiger partial charge on any atom is -0.371 e. The van der Waals surface area contributed by atoms with Crippen LogP contribution in [0.15, 0.2) is 45.8 Å². The molecule has 0 aliphatic heterocycles. The molecule has 0 aliphatic carbocycles. The van der Waals surface area contributed by atoms with Gasteiger partial charge in [0.25, 0.3) is 5.56 Å². The van der Waals surface area contributed by atoms with Crippen LogP contribution >= 0.6 is 15.9 Å². The summed E-state index contributed by atoms with van der Waals surface area (Å²) in [7, 11) is 0. The molecule has 106 valence electrons. The van der Waals surface area contributed by atoms with Gasteiger partial charge in [-0.15, -0.1) is 0 Å². The molecule has 0 bridgehead atoms. The van der Waals surface area contributed by atoms with E-state index in [1.807, 2.05) is 24.3 Å². The number of hydrogen-bond acceptors (Lipinski definition) is 3. The molecule has 0 spiro atoms. The molecule has 4 nitrogen and oxygen atoms in total. The molecule has 0 N–H and O–H groups in total. The molecule has 1 heterocycles. The van der Waals surface area contributed by atoms with Gasteiger partial charge < -0.3 is 4.90 Å². The van der Waals surface area contributed by atoms with Crippen molar-refractivity contribution in [2.24, 2.45) is 0 Å². The van der Waals surface area contributed by atoms with Crippen LogP contribution in [-0.4, -0.2) is 22.9 Å². The van der Waals surface area contributed by atoms with E-state index in [4.69, 9.17) is 0 Å². The first-order valence-electron chi connectivity index (χ1n) is 6.70. The van der Waals surface area contributed by atoms with E-state index in [1.165, 1.54) is 4.68 Å². The molecule has 0 atom stereocenters. The molecule has 0 fully saturated rings. The van der Waals surface area contributed by atoms with Crippen molar-refractivity contribution >= 4 is 21.6 Å². The quantitative estimate of drug-likeness (QED) is 0.843. The first-order valence-corrected chi connectivity index (χ1v) is 7.50. The number of anilines is 1. The molecule has 20 heavy (non-hydrogen) atoms. The minimum atomic E-state index is -0.0719. The molecule has 0 unspecified atom stereocenters. The highest BCUT2D eigenvalue weighted by molar-refractivity contribution is 9.10. The summed E-state index contributed by atoms with van der Waals surface area (Å²) in [6.07, 6.45) is 1.76. The van der Waals surface area contributed by atoms with Crippen molar-refractivity contribution in [1.29, 1.82) is 0 Å². The van der Waals surface area contributed by atoms with Crippen molar-refractivity contribution < 1.29 is 0 Å². The zero-order valence-electron chi connectivity index (χ0n) is 11.7. The Hall–Kier alpha value is -1.62. The lowest BCUT2D eigenvalue weighted by Gasteiger charge is -2.20. The van der Waals surface area contributed by atoms with Gasteiger partial charge in [-0.1, -0.05) is 28.1 Å². The SMILES string of the molecule is CCN(CC)c1cnn(Cc2ccc(Br)cc2)c(=O)c1. The third-order valence-electron chi connectivity index (χ3n) is 3.23. The Balaban J connectivity index is 2.22. The van der Waals surface area contributed by atoms with Crippen LogP contribution in [0.3, 0.4) is 0 Å². The zero-order chi connectivity index (χ0) is 14.5. The summed E-state index contributed by atoms with van der Waals surface area (Å²) >= 11 is 3.40. The number of hydrogen-bond donors (Lipinski definition) is 0. The van der Waals surface area contributed by atoms with Crippen LogP contribution in [0, 0.1) is 0 Å². The summed E-state index contributed by atoms with van der Waals surface area (Å²) in [4.78, 5) is 14.2. The van der Waals surface area contributed by atoms with Crippen molar-refractivity contribution in [3.8, 4) is 0 Å². The maximum absolute atomic E-state index is 12.1. The molecule has 2 aromatic rings. The summed E-state index contributed by atoms with van der Waals surface area (Å²) in [6.45, 7) is 6.36. The van der Waals surface area contributed by atoms with Crippen molar-refractivity contribution in [2.75, 3.05) is 18.0 Å². The topological polar surface area (TPSA) is 38.1 Å². The van der Waals surface area contributed by atoms with Crippen molar-refractivity contribution in [3.63, 3.8) is 0 Å². The highest BCUT2D eigenvalue weighted by Gasteiger charge is 2.06. The van der Waals surface area contributed by atoms with Gasteiger partial charge in [-0.3, -0.25) is 4.79 Å². The lowest BCUT2D eigenvalue weighted by Crippen LogP contribution is -2.28. The van der Waals surface area contributed by atoms with Gasteiger partial charge in [0.1, 0.15) is 0 Å².